The Bertz CT molecular complexity index is 1600. The molecule has 8 nitrogen and oxygen atoms in total. The molecule has 1 saturated carbocycles. The number of benzene rings is 2. The molecule has 0 aliphatic heterocycles. The zero-order chi connectivity index (χ0) is 24.1. The van der Waals surface area contributed by atoms with Crippen LogP contribution in [0.3, 0.4) is 0 Å². The number of aromatic nitrogens is 5. The lowest BCUT2D eigenvalue weighted by molar-refractivity contribution is 0.0601. The van der Waals surface area contributed by atoms with E-state index in [0.29, 0.717) is 45.6 Å². The van der Waals surface area contributed by atoms with Crippen molar-refractivity contribution in [3.63, 3.8) is 0 Å². The first-order valence-electron chi connectivity index (χ1n) is 11.2. The second kappa shape index (κ2) is 8.12. The number of ether oxygens (including phenoxy) is 1. The van der Waals surface area contributed by atoms with Crippen molar-refractivity contribution in [2.45, 2.75) is 18.8 Å². The highest BCUT2D eigenvalue weighted by molar-refractivity contribution is 5.93. The molecule has 0 N–H and O–H groups in total. The number of aryl methyl sites for hydroxylation is 1. The van der Waals surface area contributed by atoms with Gasteiger partial charge < -0.3 is 13.7 Å². The van der Waals surface area contributed by atoms with Gasteiger partial charge in [0.2, 0.25) is 5.89 Å². The zero-order valence-electron chi connectivity index (χ0n) is 19.0. The van der Waals surface area contributed by atoms with Gasteiger partial charge in [0, 0.05) is 24.2 Å². The van der Waals surface area contributed by atoms with E-state index in [4.69, 9.17) is 14.1 Å². The maximum absolute atomic E-state index is 14.3. The number of carbonyl (C=O) groups excluding carboxylic acids is 1. The summed E-state index contributed by atoms with van der Waals surface area (Å²) in [6.07, 6.45) is 3.70. The number of rotatable bonds is 5. The molecular formula is C26H20FN5O3. The highest BCUT2D eigenvalue weighted by Crippen LogP contribution is 2.42. The Balaban J connectivity index is 1.51. The number of hydrogen-bond acceptors (Lipinski definition) is 7. The van der Waals surface area contributed by atoms with Crippen LogP contribution in [0.1, 0.15) is 34.8 Å². The van der Waals surface area contributed by atoms with Crippen LogP contribution in [0.2, 0.25) is 0 Å². The molecule has 0 atom stereocenters. The molecule has 0 saturated heterocycles. The van der Waals surface area contributed by atoms with Crippen LogP contribution in [0, 0.1) is 5.82 Å². The van der Waals surface area contributed by atoms with Crippen LogP contribution in [-0.2, 0) is 11.8 Å². The average molecular weight is 469 g/mol. The van der Waals surface area contributed by atoms with Crippen LogP contribution >= 0.6 is 0 Å². The minimum atomic E-state index is -0.444. The fourth-order valence-corrected chi connectivity index (χ4v) is 4.17. The molecule has 0 amide bonds. The molecule has 1 fully saturated rings. The molecular weight excluding hydrogens is 449 g/mol. The van der Waals surface area contributed by atoms with Gasteiger partial charge in [-0.25, -0.2) is 19.2 Å². The van der Waals surface area contributed by atoms with Crippen LogP contribution in [0.15, 0.2) is 59.3 Å². The van der Waals surface area contributed by atoms with Gasteiger partial charge >= 0.3 is 5.97 Å². The van der Waals surface area contributed by atoms with Crippen molar-refractivity contribution in [3.05, 3.63) is 71.9 Å². The molecule has 0 bridgehead atoms. The highest BCUT2D eigenvalue weighted by atomic mass is 19.1. The van der Waals surface area contributed by atoms with E-state index in [1.165, 1.54) is 19.2 Å². The summed E-state index contributed by atoms with van der Waals surface area (Å²) < 4.78 is 26.8. The predicted octanol–water partition coefficient (Wildman–Crippen LogP) is 5.16. The molecule has 5 aromatic rings. The smallest absolute Gasteiger partial charge is 0.337 e. The largest absolute Gasteiger partial charge is 0.465 e. The first kappa shape index (κ1) is 21.2. The van der Waals surface area contributed by atoms with E-state index in [-0.39, 0.29) is 5.82 Å². The quantitative estimate of drug-likeness (QED) is 0.328. The number of methoxy groups -OCH3 is 1. The van der Waals surface area contributed by atoms with Crippen LogP contribution in [0.4, 0.5) is 4.39 Å². The zero-order valence-corrected chi connectivity index (χ0v) is 19.0. The fourth-order valence-electron chi connectivity index (χ4n) is 4.17. The van der Waals surface area contributed by atoms with E-state index < -0.39 is 5.97 Å². The molecule has 2 aromatic carbocycles. The third-order valence-corrected chi connectivity index (χ3v) is 6.11. The maximum Gasteiger partial charge on any atom is 0.337 e. The standard InChI is InChI=1S/C26H20FN5O3/c1-32-13-28-31-24(32)19-12-17(27)6-7-18(19)16-10-20(14-3-4-14)29-22(11-16)25-30-21-9-15(26(33)34-2)5-8-23(21)35-25/h5-14H,3-4H2,1-2H3. The number of fused-ring (bicyclic) bond motifs is 1. The molecule has 35 heavy (non-hydrogen) atoms. The molecule has 0 unspecified atom stereocenters. The molecule has 0 radical (unpaired) electrons. The van der Waals surface area contributed by atoms with Gasteiger partial charge in [-0.3, -0.25) is 0 Å². The van der Waals surface area contributed by atoms with Crippen LogP contribution < -0.4 is 0 Å². The summed E-state index contributed by atoms with van der Waals surface area (Å²) in [6.45, 7) is 0. The number of pyridine rings is 1. The second-order valence-electron chi connectivity index (χ2n) is 8.59. The van der Waals surface area contributed by atoms with Gasteiger partial charge in [0.05, 0.1) is 12.7 Å². The van der Waals surface area contributed by atoms with Gasteiger partial charge in [-0.2, -0.15) is 0 Å². The first-order chi connectivity index (χ1) is 17.0. The molecule has 1 aliphatic carbocycles. The van der Waals surface area contributed by atoms with Gasteiger partial charge in [-0.15, -0.1) is 10.2 Å². The van der Waals surface area contributed by atoms with Gasteiger partial charge in [-0.1, -0.05) is 6.07 Å². The van der Waals surface area contributed by atoms with Gasteiger partial charge in [0.25, 0.3) is 0 Å². The van der Waals surface area contributed by atoms with E-state index in [0.717, 1.165) is 29.7 Å². The molecule has 3 aromatic heterocycles. The van der Waals surface area contributed by atoms with Crippen molar-refractivity contribution in [1.82, 2.24) is 24.7 Å². The Hall–Kier alpha value is -4.40. The molecule has 174 valence electrons. The number of esters is 1. The highest BCUT2D eigenvalue weighted by Gasteiger charge is 2.27. The van der Waals surface area contributed by atoms with E-state index >= 15 is 0 Å². The lowest BCUT2D eigenvalue weighted by atomic mass is 9.97. The second-order valence-corrected chi connectivity index (χ2v) is 8.59. The summed E-state index contributed by atoms with van der Waals surface area (Å²) >= 11 is 0. The third-order valence-electron chi connectivity index (χ3n) is 6.11. The SMILES string of the molecule is COC(=O)c1ccc2oc(-c3cc(-c4ccc(F)cc4-c4nncn4C)cc(C4CC4)n3)nc2c1. The minimum absolute atomic E-state index is 0.341. The summed E-state index contributed by atoms with van der Waals surface area (Å²) in [5.41, 5.74) is 5.24. The lowest BCUT2D eigenvalue weighted by Crippen LogP contribution is -2.00. The lowest BCUT2D eigenvalue weighted by Gasteiger charge is -2.12. The average Bonchev–Trinajstić information content (AvgIpc) is 3.50. The van der Waals surface area contributed by atoms with Crippen LogP contribution in [0.25, 0.3) is 45.2 Å². The maximum atomic E-state index is 14.3. The minimum Gasteiger partial charge on any atom is -0.465 e. The van der Waals surface area contributed by atoms with E-state index in [9.17, 15) is 9.18 Å². The Labute approximate surface area is 199 Å². The molecule has 6 rings (SSSR count). The van der Waals surface area contributed by atoms with E-state index in [1.807, 2.05) is 19.2 Å². The summed E-state index contributed by atoms with van der Waals surface area (Å²) in [6, 6.07) is 13.5. The van der Waals surface area contributed by atoms with Gasteiger partial charge in [-0.05, 0) is 66.4 Å². The van der Waals surface area contributed by atoms with E-state index in [1.54, 1.807) is 35.2 Å². The molecule has 9 heteroatoms. The monoisotopic (exact) mass is 469 g/mol. The number of oxazole rings is 1. The molecule has 0 spiro atoms. The molecule has 1 aliphatic rings. The van der Waals surface area contributed by atoms with Crippen molar-refractivity contribution < 1.29 is 18.3 Å². The van der Waals surface area contributed by atoms with Crippen molar-refractivity contribution in [2.24, 2.45) is 7.05 Å². The van der Waals surface area contributed by atoms with Crippen molar-refractivity contribution in [1.29, 1.82) is 0 Å². The number of halogens is 1. The third kappa shape index (κ3) is 3.84. The summed E-state index contributed by atoms with van der Waals surface area (Å²) in [5, 5.41) is 8.14. The Kier molecular flexibility index (Phi) is 4.91. The summed E-state index contributed by atoms with van der Waals surface area (Å²) in [5.74, 6) is 0.461. The van der Waals surface area contributed by atoms with Gasteiger partial charge in [0.1, 0.15) is 23.4 Å². The normalized spacial score (nSPS) is 13.3. The summed E-state index contributed by atoms with van der Waals surface area (Å²) in [7, 11) is 3.15. The van der Waals surface area contributed by atoms with Crippen molar-refractivity contribution >= 4 is 17.1 Å². The predicted molar refractivity (Wildman–Crippen MR) is 126 cm³/mol. The topological polar surface area (TPSA) is 95.9 Å². The van der Waals surface area contributed by atoms with E-state index in [2.05, 4.69) is 15.2 Å². The summed E-state index contributed by atoms with van der Waals surface area (Å²) in [4.78, 5) is 21.3. The molecule has 3 heterocycles. The number of hydrogen-bond donors (Lipinski definition) is 0. The van der Waals surface area contributed by atoms with Crippen LogP contribution in [0.5, 0.6) is 0 Å². The van der Waals surface area contributed by atoms with Crippen molar-refractivity contribution in [3.8, 4) is 34.1 Å². The Morgan fingerprint density at radius 1 is 1.09 bits per heavy atom. The Morgan fingerprint density at radius 3 is 2.69 bits per heavy atom. The van der Waals surface area contributed by atoms with Gasteiger partial charge in [0.15, 0.2) is 11.4 Å². The number of carbonyl (C=O) groups is 1. The van der Waals surface area contributed by atoms with Crippen LogP contribution in [-0.4, -0.2) is 37.8 Å². The van der Waals surface area contributed by atoms with Crippen molar-refractivity contribution in [2.75, 3.05) is 7.11 Å². The fraction of sp³-hybridized carbons (Fsp3) is 0.192. The first-order valence-corrected chi connectivity index (χ1v) is 11.2. The number of nitrogens with zero attached hydrogens (tertiary/aromatic N) is 5. The Morgan fingerprint density at radius 2 is 1.94 bits per heavy atom.